The summed E-state index contributed by atoms with van der Waals surface area (Å²) >= 11 is 0. The lowest BCUT2D eigenvalue weighted by molar-refractivity contribution is -0.147. The number of carbonyl (C=O) groups excluding carboxylic acids is 2. The molecule has 6 nitrogen and oxygen atoms in total. The van der Waals surface area contributed by atoms with Gasteiger partial charge in [0.2, 0.25) is 5.91 Å². The van der Waals surface area contributed by atoms with Crippen LogP contribution >= 0.6 is 0 Å². The van der Waals surface area contributed by atoms with Gasteiger partial charge in [-0.1, -0.05) is 31.9 Å². The van der Waals surface area contributed by atoms with Gasteiger partial charge in [-0.05, 0) is 31.6 Å². The number of hydrogen-bond acceptors (Lipinski definition) is 4. The maximum absolute atomic E-state index is 12.9. The van der Waals surface area contributed by atoms with Crippen LogP contribution in [0.2, 0.25) is 0 Å². The van der Waals surface area contributed by atoms with Gasteiger partial charge in [0, 0.05) is 25.3 Å². The second-order valence-corrected chi connectivity index (χ2v) is 8.28. The number of ketones is 1. The zero-order valence-corrected chi connectivity index (χ0v) is 15.4. The molecular weight excluding hydrogens is 334 g/mol. The Morgan fingerprint density at radius 1 is 1.27 bits per heavy atom. The monoisotopic (exact) mass is 363 g/mol. The standard InChI is InChI=1S/C20H29NO5/c1-13-7-5-3-2-4-6-8-14-10-20(14,19(25)26)11-17(23)16-9-15(22)12-21(16)18(13)24/h6,8,13-16,22H,2-5,7,9-12H2,1H3,(H,25,26)/b8-6-/t13-,14+,15+,16-,20+/m0/s1. The van der Waals surface area contributed by atoms with Crippen LogP contribution in [-0.4, -0.2) is 51.5 Å². The van der Waals surface area contributed by atoms with Gasteiger partial charge < -0.3 is 15.1 Å². The van der Waals surface area contributed by atoms with Crippen LogP contribution in [0, 0.1) is 17.3 Å². The van der Waals surface area contributed by atoms with Crippen molar-refractivity contribution < 1.29 is 24.6 Å². The second kappa shape index (κ2) is 7.51. The topological polar surface area (TPSA) is 94.9 Å². The Morgan fingerprint density at radius 3 is 2.77 bits per heavy atom. The summed E-state index contributed by atoms with van der Waals surface area (Å²) < 4.78 is 0. The SMILES string of the molecule is C[C@H]1CCCCC/C=C\[C@@H]2C[C@@]2(C(=O)O)CC(=O)[C@@H]2C[C@@H](O)CN2C1=O. The van der Waals surface area contributed by atoms with E-state index in [-0.39, 0.29) is 42.9 Å². The molecule has 144 valence electrons. The summed E-state index contributed by atoms with van der Waals surface area (Å²) in [7, 11) is 0. The van der Waals surface area contributed by atoms with E-state index in [1.54, 1.807) is 0 Å². The first-order chi connectivity index (χ1) is 12.3. The Balaban J connectivity index is 1.83. The third kappa shape index (κ3) is 3.70. The highest BCUT2D eigenvalue weighted by atomic mass is 16.4. The van der Waals surface area contributed by atoms with E-state index in [2.05, 4.69) is 0 Å². The van der Waals surface area contributed by atoms with Crippen LogP contribution in [0.5, 0.6) is 0 Å². The summed E-state index contributed by atoms with van der Waals surface area (Å²) in [6, 6.07) is -0.688. The number of carbonyl (C=O) groups is 3. The highest BCUT2D eigenvalue weighted by molar-refractivity contribution is 5.94. The molecule has 1 saturated carbocycles. The first-order valence-corrected chi connectivity index (χ1v) is 9.76. The molecule has 1 amide bonds. The van der Waals surface area contributed by atoms with Gasteiger partial charge in [-0.2, -0.15) is 0 Å². The van der Waals surface area contributed by atoms with E-state index in [0.29, 0.717) is 6.42 Å². The van der Waals surface area contributed by atoms with E-state index in [4.69, 9.17) is 0 Å². The molecule has 3 rings (SSSR count). The molecule has 0 unspecified atom stereocenters. The molecule has 0 radical (unpaired) electrons. The molecule has 0 bridgehead atoms. The van der Waals surface area contributed by atoms with E-state index in [9.17, 15) is 24.6 Å². The zero-order chi connectivity index (χ0) is 18.9. The highest BCUT2D eigenvalue weighted by Gasteiger charge is 2.60. The van der Waals surface area contributed by atoms with Crippen molar-refractivity contribution >= 4 is 17.7 Å². The van der Waals surface area contributed by atoms with Crippen molar-refractivity contribution in [2.24, 2.45) is 17.3 Å². The average Bonchev–Trinajstić information content (AvgIpc) is 3.14. The molecule has 0 aromatic rings. The molecule has 2 aliphatic heterocycles. The fourth-order valence-electron chi connectivity index (χ4n) is 4.46. The maximum atomic E-state index is 12.9. The van der Waals surface area contributed by atoms with Crippen molar-refractivity contribution in [2.45, 2.75) is 70.4 Å². The number of amides is 1. The molecule has 1 saturated heterocycles. The lowest BCUT2D eigenvalue weighted by Gasteiger charge is -2.27. The Hall–Kier alpha value is -1.69. The van der Waals surface area contributed by atoms with Gasteiger partial charge in [0.25, 0.3) is 0 Å². The predicted octanol–water partition coefficient (Wildman–Crippen LogP) is 2.15. The minimum Gasteiger partial charge on any atom is -0.481 e. The van der Waals surface area contributed by atoms with Gasteiger partial charge in [0.15, 0.2) is 5.78 Å². The van der Waals surface area contributed by atoms with Gasteiger partial charge in [-0.25, -0.2) is 0 Å². The molecule has 0 aromatic carbocycles. The average molecular weight is 363 g/mol. The molecule has 6 heteroatoms. The summed E-state index contributed by atoms with van der Waals surface area (Å²) in [4.78, 5) is 39.0. The molecule has 0 spiro atoms. The van der Waals surface area contributed by atoms with Crippen molar-refractivity contribution in [3.63, 3.8) is 0 Å². The molecular formula is C20H29NO5. The minimum absolute atomic E-state index is 0.0626. The molecule has 2 heterocycles. The Kier molecular flexibility index (Phi) is 5.51. The van der Waals surface area contributed by atoms with Crippen LogP contribution in [0.25, 0.3) is 0 Å². The summed E-state index contributed by atoms with van der Waals surface area (Å²) in [6.07, 6.45) is 8.60. The number of aliphatic carboxylic acids is 1. The summed E-state index contributed by atoms with van der Waals surface area (Å²) in [5.74, 6) is -1.55. The lowest BCUT2D eigenvalue weighted by Crippen LogP contribution is -2.44. The Labute approximate surface area is 154 Å². The summed E-state index contributed by atoms with van der Waals surface area (Å²) in [5.41, 5.74) is -1.03. The number of hydrogen-bond donors (Lipinski definition) is 2. The molecule has 1 aliphatic carbocycles. The second-order valence-electron chi connectivity index (χ2n) is 8.28. The van der Waals surface area contributed by atoms with Gasteiger partial charge in [0.05, 0.1) is 17.6 Å². The third-order valence-corrected chi connectivity index (χ3v) is 6.28. The first kappa shape index (κ1) is 19.1. The van der Waals surface area contributed by atoms with Crippen LogP contribution in [0.4, 0.5) is 0 Å². The number of carboxylic acids is 1. The number of aliphatic hydroxyl groups excluding tert-OH is 1. The Bertz CT molecular complexity index is 615. The highest BCUT2D eigenvalue weighted by Crippen LogP contribution is 2.57. The normalized spacial score (nSPS) is 40.2. The molecule has 2 N–H and O–H groups in total. The number of Topliss-reactive ketones (excluding diaryl/α,β-unsaturated/α-hetero) is 1. The van der Waals surface area contributed by atoms with Crippen molar-refractivity contribution in [1.82, 2.24) is 4.90 Å². The number of nitrogens with zero attached hydrogens (tertiary/aromatic N) is 1. The number of aliphatic hydroxyl groups is 1. The zero-order valence-electron chi connectivity index (χ0n) is 15.4. The van der Waals surface area contributed by atoms with Crippen LogP contribution in [0.3, 0.4) is 0 Å². The first-order valence-electron chi connectivity index (χ1n) is 9.76. The molecule has 5 atom stereocenters. The molecule has 3 aliphatic rings. The van der Waals surface area contributed by atoms with E-state index in [1.165, 1.54) is 4.90 Å². The van der Waals surface area contributed by atoms with Crippen molar-refractivity contribution in [1.29, 1.82) is 0 Å². The molecule has 26 heavy (non-hydrogen) atoms. The smallest absolute Gasteiger partial charge is 0.310 e. The van der Waals surface area contributed by atoms with Gasteiger partial charge in [-0.3, -0.25) is 14.4 Å². The minimum atomic E-state index is -1.03. The van der Waals surface area contributed by atoms with Crippen LogP contribution < -0.4 is 0 Å². The van der Waals surface area contributed by atoms with Gasteiger partial charge in [-0.15, -0.1) is 0 Å². The van der Waals surface area contributed by atoms with E-state index in [1.807, 2.05) is 19.1 Å². The largest absolute Gasteiger partial charge is 0.481 e. The third-order valence-electron chi connectivity index (χ3n) is 6.28. The Morgan fingerprint density at radius 2 is 2.04 bits per heavy atom. The van der Waals surface area contributed by atoms with Gasteiger partial charge >= 0.3 is 5.97 Å². The van der Waals surface area contributed by atoms with Crippen LogP contribution in [0.15, 0.2) is 12.2 Å². The van der Waals surface area contributed by atoms with Crippen molar-refractivity contribution in [3.8, 4) is 0 Å². The van der Waals surface area contributed by atoms with Gasteiger partial charge in [0.1, 0.15) is 0 Å². The van der Waals surface area contributed by atoms with E-state index < -0.39 is 23.5 Å². The fraction of sp³-hybridized carbons (Fsp3) is 0.750. The molecule has 0 aromatic heterocycles. The number of fused-ring (bicyclic) bond motifs is 2. The number of allylic oxidation sites excluding steroid dienone is 2. The summed E-state index contributed by atoms with van der Waals surface area (Å²) in [5, 5.41) is 19.7. The van der Waals surface area contributed by atoms with Crippen LogP contribution in [0.1, 0.15) is 58.3 Å². The van der Waals surface area contributed by atoms with Crippen molar-refractivity contribution in [2.75, 3.05) is 6.54 Å². The van der Waals surface area contributed by atoms with Crippen molar-refractivity contribution in [3.05, 3.63) is 12.2 Å². The maximum Gasteiger partial charge on any atom is 0.310 e. The van der Waals surface area contributed by atoms with Crippen LogP contribution in [-0.2, 0) is 14.4 Å². The number of rotatable bonds is 1. The number of carboxylic acid groups (broad SMARTS) is 1. The fourth-order valence-corrected chi connectivity index (χ4v) is 4.46. The van der Waals surface area contributed by atoms with E-state index in [0.717, 1.165) is 32.1 Å². The predicted molar refractivity (Wildman–Crippen MR) is 95.3 cm³/mol. The summed E-state index contributed by atoms with van der Waals surface area (Å²) in [6.45, 7) is 2.05. The quantitative estimate of drug-likeness (QED) is 0.696. The molecule has 2 fully saturated rings. The van der Waals surface area contributed by atoms with E-state index >= 15 is 0 Å². The lowest BCUT2D eigenvalue weighted by atomic mass is 9.91.